The lowest BCUT2D eigenvalue weighted by Gasteiger charge is -2.13. The van der Waals surface area contributed by atoms with E-state index in [1.54, 1.807) is 7.11 Å². The topological polar surface area (TPSA) is 79.8 Å². The minimum Gasteiger partial charge on any atom is -0.491 e. The van der Waals surface area contributed by atoms with Gasteiger partial charge in [0, 0.05) is 20.2 Å². The van der Waals surface area contributed by atoms with Crippen LogP contribution in [0.4, 0.5) is 4.39 Å². The molecule has 6 nitrogen and oxygen atoms in total. The monoisotopic (exact) mass is 300 g/mol. The molecule has 3 N–H and O–H groups in total. The average molecular weight is 300 g/mol. The fourth-order valence-electron chi connectivity index (χ4n) is 1.45. The molecule has 0 heterocycles. The van der Waals surface area contributed by atoms with Crippen molar-refractivity contribution >= 4 is 5.91 Å². The number of methoxy groups -OCH3 is 1. The molecule has 1 unspecified atom stereocenters. The Balaban J connectivity index is 2.11. The predicted molar refractivity (Wildman–Crippen MR) is 75.7 cm³/mol. The maximum absolute atomic E-state index is 12.7. The van der Waals surface area contributed by atoms with Crippen LogP contribution in [0.15, 0.2) is 24.3 Å². The molecule has 0 radical (unpaired) electrons. The van der Waals surface area contributed by atoms with Gasteiger partial charge in [-0.2, -0.15) is 0 Å². The predicted octanol–water partition coefficient (Wildman–Crippen LogP) is -0.0824. The van der Waals surface area contributed by atoms with Gasteiger partial charge in [-0.25, -0.2) is 4.39 Å². The van der Waals surface area contributed by atoms with Crippen molar-refractivity contribution in [2.75, 3.05) is 40.0 Å². The summed E-state index contributed by atoms with van der Waals surface area (Å²) in [5.74, 6) is -0.105. The fraction of sp³-hybridized carbons (Fsp3) is 0.500. The third kappa shape index (κ3) is 8.23. The van der Waals surface area contributed by atoms with Crippen molar-refractivity contribution in [1.29, 1.82) is 0 Å². The zero-order chi connectivity index (χ0) is 15.5. The Hall–Kier alpha value is -1.70. The number of carbonyl (C=O) groups is 1. The molecule has 0 aliphatic carbocycles. The van der Waals surface area contributed by atoms with Gasteiger partial charge in [0.15, 0.2) is 0 Å². The number of benzene rings is 1. The van der Waals surface area contributed by atoms with E-state index < -0.39 is 6.10 Å². The molecule has 0 saturated carbocycles. The number of carbonyl (C=O) groups excluding carboxylic acids is 1. The zero-order valence-electron chi connectivity index (χ0n) is 12.0. The Labute approximate surface area is 123 Å². The van der Waals surface area contributed by atoms with Crippen molar-refractivity contribution in [2.45, 2.75) is 6.10 Å². The van der Waals surface area contributed by atoms with Gasteiger partial charge in [-0.05, 0) is 24.3 Å². The first-order valence-electron chi connectivity index (χ1n) is 6.64. The highest BCUT2D eigenvalue weighted by Gasteiger charge is 2.08. The molecule has 0 bridgehead atoms. The number of hydrogen-bond acceptors (Lipinski definition) is 5. The maximum atomic E-state index is 12.7. The molecular formula is C14H21FN2O4. The molecule has 1 rings (SSSR count). The number of aliphatic hydroxyl groups excluding tert-OH is 1. The van der Waals surface area contributed by atoms with Gasteiger partial charge in [-0.1, -0.05) is 0 Å². The van der Waals surface area contributed by atoms with Crippen LogP contribution < -0.4 is 15.4 Å². The van der Waals surface area contributed by atoms with E-state index in [0.29, 0.717) is 18.9 Å². The van der Waals surface area contributed by atoms with Gasteiger partial charge in [0.25, 0.3) is 0 Å². The molecular weight excluding hydrogens is 279 g/mol. The summed E-state index contributed by atoms with van der Waals surface area (Å²) in [6, 6.07) is 5.49. The van der Waals surface area contributed by atoms with Crippen LogP contribution >= 0.6 is 0 Å². The number of aliphatic hydroxyl groups is 1. The molecule has 1 atom stereocenters. The molecule has 0 saturated heterocycles. The van der Waals surface area contributed by atoms with Crippen molar-refractivity contribution in [1.82, 2.24) is 10.6 Å². The molecule has 0 aliphatic rings. The smallest absolute Gasteiger partial charge is 0.234 e. The molecule has 0 aliphatic heterocycles. The second-order valence-corrected chi connectivity index (χ2v) is 4.39. The van der Waals surface area contributed by atoms with Crippen LogP contribution in [-0.2, 0) is 9.53 Å². The van der Waals surface area contributed by atoms with E-state index in [9.17, 15) is 14.3 Å². The van der Waals surface area contributed by atoms with Gasteiger partial charge in [-0.15, -0.1) is 0 Å². The van der Waals surface area contributed by atoms with E-state index in [2.05, 4.69) is 10.6 Å². The fourth-order valence-corrected chi connectivity index (χ4v) is 1.45. The minimum absolute atomic E-state index is 0.0169. The van der Waals surface area contributed by atoms with Crippen LogP contribution in [-0.4, -0.2) is 57.1 Å². The van der Waals surface area contributed by atoms with E-state index in [4.69, 9.17) is 9.47 Å². The zero-order valence-corrected chi connectivity index (χ0v) is 12.0. The van der Waals surface area contributed by atoms with Gasteiger partial charge >= 0.3 is 0 Å². The van der Waals surface area contributed by atoms with Crippen LogP contribution in [0.25, 0.3) is 0 Å². The standard InChI is InChI=1S/C14H21FN2O4/c1-20-7-6-16-9-14(19)17-8-12(18)10-21-13-4-2-11(15)3-5-13/h2-5,12,16,18H,6-10H2,1H3,(H,17,19). The van der Waals surface area contributed by atoms with Gasteiger partial charge in [-0.3, -0.25) is 4.79 Å². The molecule has 1 amide bonds. The van der Waals surface area contributed by atoms with Crippen molar-refractivity contribution < 1.29 is 23.8 Å². The Bertz CT molecular complexity index is 414. The quantitative estimate of drug-likeness (QED) is 0.527. The van der Waals surface area contributed by atoms with Crippen molar-refractivity contribution in [3.05, 3.63) is 30.1 Å². The largest absolute Gasteiger partial charge is 0.491 e. The van der Waals surface area contributed by atoms with E-state index in [-0.39, 0.29) is 31.4 Å². The molecule has 21 heavy (non-hydrogen) atoms. The van der Waals surface area contributed by atoms with Crippen LogP contribution in [0.1, 0.15) is 0 Å². The first kappa shape index (κ1) is 17.4. The highest BCUT2D eigenvalue weighted by Crippen LogP contribution is 2.10. The summed E-state index contributed by atoms with van der Waals surface area (Å²) in [5.41, 5.74) is 0. The highest BCUT2D eigenvalue weighted by molar-refractivity contribution is 5.77. The Morgan fingerprint density at radius 2 is 2.10 bits per heavy atom. The molecule has 1 aromatic carbocycles. The summed E-state index contributed by atoms with van der Waals surface area (Å²) in [6.45, 7) is 1.38. The lowest BCUT2D eigenvalue weighted by atomic mass is 10.3. The van der Waals surface area contributed by atoms with Gasteiger partial charge < -0.3 is 25.2 Å². The number of rotatable bonds is 10. The number of nitrogens with one attached hydrogen (secondary N) is 2. The molecule has 0 fully saturated rings. The third-order valence-corrected chi connectivity index (χ3v) is 2.56. The summed E-state index contributed by atoms with van der Waals surface area (Å²) < 4.78 is 22.8. The first-order chi connectivity index (χ1) is 10.1. The Kier molecular flexibility index (Phi) is 8.34. The highest BCUT2D eigenvalue weighted by atomic mass is 19.1. The third-order valence-electron chi connectivity index (χ3n) is 2.56. The normalized spacial score (nSPS) is 12.0. The van der Waals surface area contributed by atoms with Crippen molar-refractivity contribution in [3.63, 3.8) is 0 Å². The van der Waals surface area contributed by atoms with E-state index >= 15 is 0 Å². The lowest BCUT2D eigenvalue weighted by molar-refractivity contribution is -0.120. The number of ether oxygens (including phenoxy) is 2. The maximum Gasteiger partial charge on any atom is 0.234 e. The Morgan fingerprint density at radius 1 is 1.38 bits per heavy atom. The lowest BCUT2D eigenvalue weighted by Crippen LogP contribution is -2.40. The minimum atomic E-state index is -0.835. The van der Waals surface area contributed by atoms with Crippen LogP contribution in [0.2, 0.25) is 0 Å². The molecule has 1 aromatic rings. The molecule has 118 valence electrons. The van der Waals surface area contributed by atoms with Gasteiger partial charge in [0.1, 0.15) is 24.3 Å². The van der Waals surface area contributed by atoms with Crippen LogP contribution in [0.3, 0.4) is 0 Å². The molecule has 0 aromatic heterocycles. The SMILES string of the molecule is COCCNCC(=O)NCC(O)COc1ccc(F)cc1. The van der Waals surface area contributed by atoms with Crippen molar-refractivity contribution in [3.8, 4) is 5.75 Å². The molecule has 0 spiro atoms. The number of halogens is 1. The first-order valence-corrected chi connectivity index (χ1v) is 6.64. The summed E-state index contributed by atoms with van der Waals surface area (Å²) in [4.78, 5) is 11.4. The van der Waals surface area contributed by atoms with E-state index in [0.717, 1.165) is 0 Å². The molecule has 7 heteroatoms. The average Bonchev–Trinajstić information content (AvgIpc) is 2.49. The number of amides is 1. The number of hydrogen-bond donors (Lipinski definition) is 3. The van der Waals surface area contributed by atoms with Crippen LogP contribution in [0.5, 0.6) is 5.75 Å². The van der Waals surface area contributed by atoms with E-state index in [1.165, 1.54) is 24.3 Å². The van der Waals surface area contributed by atoms with E-state index in [1.807, 2.05) is 0 Å². The van der Waals surface area contributed by atoms with Crippen molar-refractivity contribution in [2.24, 2.45) is 0 Å². The Morgan fingerprint density at radius 3 is 2.76 bits per heavy atom. The second kappa shape index (κ2) is 10.1. The summed E-state index contributed by atoms with van der Waals surface area (Å²) >= 11 is 0. The second-order valence-electron chi connectivity index (χ2n) is 4.39. The van der Waals surface area contributed by atoms with Gasteiger partial charge in [0.05, 0.1) is 13.2 Å². The van der Waals surface area contributed by atoms with Crippen LogP contribution in [0, 0.1) is 5.82 Å². The van der Waals surface area contributed by atoms with Gasteiger partial charge in [0.2, 0.25) is 5.91 Å². The summed E-state index contributed by atoms with van der Waals surface area (Å²) in [5, 5.41) is 15.1. The summed E-state index contributed by atoms with van der Waals surface area (Å²) in [6.07, 6.45) is -0.835. The summed E-state index contributed by atoms with van der Waals surface area (Å²) in [7, 11) is 1.58.